The fraction of sp³-hybridized carbons (Fsp3) is 0.429. The van der Waals surface area contributed by atoms with Crippen molar-refractivity contribution in [2.24, 2.45) is 0 Å². The number of methoxy groups -OCH3 is 1. The summed E-state index contributed by atoms with van der Waals surface area (Å²) in [5, 5.41) is 12.6. The van der Waals surface area contributed by atoms with Crippen molar-refractivity contribution < 1.29 is 9.84 Å². The molecule has 1 atom stereocenters. The molecule has 1 N–H and O–H groups in total. The molecule has 0 spiro atoms. The van der Waals surface area contributed by atoms with Gasteiger partial charge in [-0.3, -0.25) is 0 Å². The molecule has 0 fully saturated rings. The summed E-state index contributed by atoms with van der Waals surface area (Å²) in [6.07, 6.45) is 5.33. The Morgan fingerprint density at radius 3 is 2.52 bits per heavy atom. The molecule has 2 heteroatoms. The van der Waals surface area contributed by atoms with Crippen LogP contribution in [-0.4, -0.2) is 17.8 Å². The van der Waals surface area contributed by atoms with Crippen molar-refractivity contribution >= 4 is 10.8 Å². The Labute approximate surface area is 139 Å². The maximum Gasteiger partial charge on any atom is 0.123 e. The molecule has 0 saturated carbocycles. The molecule has 2 nitrogen and oxygen atoms in total. The Balaban J connectivity index is 2.09. The molecule has 0 aliphatic rings. The van der Waals surface area contributed by atoms with Gasteiger partial charge in [0.1, 0.15) is 11.4 Å². The SMILES string of the molecule is CCCCCCC(C)(O)C#Cc1ccc2cc(OC)ccc2c1. The highest BCUT2D eigenvalue weighted by Crippen LogP contribution is 2.22. The van der Waals surface area contributed by atoms with Gasteiger partial charge >= 0.3 is 0 Å². The van der Waals surface area contributed by atoms with E-state index in [1.807, 2.05) is 30.3 Å². The average molecular weight is 310 g/mol. The van der Waals surface area contributed by atoms with E-state index in [1.165, 1.54) is 12.8 Å². The third kappa shape index (κ3) is 5.30. The first-order chi connectivity index (χ1) is 11.0. The monoisotopic (exact) mass is 310 g/mol. The molecule has 0 aliphatic carbocycles. The summed E-state index contributed by atoms with van der Waals surface area (Å²) >= 11 is 0. The van der Waals surface area contributed by atoms with E-state index in [2.05, 4.69) is 24.8 Å². The van der Waals surface area contributed by atoms with E-state index in [1.54, 1.807) is 14.0 Å². The molecule has 122 valence electrons. The van der Waals surface area contributed by atoms with Crippen LogP contribution in [-0.2, 0) is 0 Å². The Morgan fingerprint density at radius 2 is 1.78 bits per heavy atom. The van der Waals surface area contributed by atoms with Crippen LogP contribution in [0.3, 0.4) is 0 Å². The van der Waals surface area contributed by atoms with Crippen LogP contribution in [0.25, 0.3) is 10.8 Å². The first-order valence-corrected chi connectivity index (χ1v) is 8.37. The van der Waals surface area contributed by atoms with Crippen LogP contribution in [0.2, 0.25) is 0 Å². The van der Waals surface area contributed by atoms with Crippen molar-refractivity contribution in [3.8, 4) is 17.6 Å². The number of hydrogen-bond acceptors (Lipinski definition) is 2. The zero-order chi connectivity index (χ0) is 16.7. The molecule has 0 bridgehead atoms. The maximum atomic E-state index is 10.4. The summed E-state index contributed by atoms with van der Waals surface area (Å²) in [4.78, 5) is 0. The number of rotatable bonds is 6. The van der Waals surface area contributed by atoms with Crippen LogP contribution in [0, 0.1) is 11.8 Å². The lowest BCUT2D eigenvalue weighted by Crippen LogP contribution is -2.21. The lowest BCUT2D eigenvalue weighted by Gasteiger charge is -2.15. The fourth-order valence-electron chi connectivity index (χ4n) is 2.59. The molecule has 0 heterocycles. The van der Waals surface area contributed by atoms with Crippen molar-refractivity contribution in [1.82, 2.24) is 0 Å². The summed E-state index contributed by atoms with van der Waals surface area (Å²) in [5.74, 6) is 6.99. The van der Waals surface area contributed by atoms with Crippen LogP contribution >= 0.6 is 0 Å². The standard InChI is InChI=1S/C21H26O2/c1-4-5-6-7-13-21(2,22)14-12-17-8-9-19-16-20(23-3)11-10-18(19)15-17/h8-11,15-16,22H,4-7,13H2,1-3H3. The summed E-state index contributed by atoms with van der Waals surface area (Å²) in [5.41, 5.74) is 0.0132. The van der Waals surface area contributed by atoms with Crippen molar-refractivity contribution in [3.63, 3.8) is 0 Å². The number of benzene rings is 2. The number of aliphatic hydroxyl groups is 1. The van der Waals surface area contributed by atoms with Gasteiger partial charge in [-0.1, -0.05) is 50.2 Å². The fourth-order valence-corrected chi connectivity index (χ4v) is 2.59. The predicted octanol–water partition coefficient (Wildman–Crippen LogP) is 4.92. The third-order valence-electron chi connectivity index (χ3n) is 4.04. The van der Waals surface area contributed by atoms with E-state index in [0.29, 0.717) is 0 Å². The van der Waals surface area contributed by atoms with Crippen molar-refractivity contribution in [1.29, 1.82) is 0 Å². The largest absolute Gasteiger partial charge is 0.497 e. The van der Waals surface area contributed by atoms with Gasteiger partial charge in [0.2, 0.25) is 0 Å². The van der Waals surface area contributed by atoms with Crippen LogP contribution in [0.5, 0.6) is 5.75 Å². The van der Waals surface area contributed by atoms with Crippen LogP contribution in [0.4, 0.5) is 0 Å². The van der Waals surface area contributed by atoms with Crippen LogP contribution < -0.4 is 4.74 Å². The molecule has 0 aromatic heterocycles. The van der Waals surface area contributed by atoms with Gasteiger partial charge in [0.25, 0.3) is 0 Å². The molecule has 2 aromatic rings. The van der Waals surface area contributed by atoms with E-state index in [9.17, 15) is 5.11 Å². The second kappa shape index (κ2) is 8.04. The molecule has 1 unspecified atom stereocenters. The summed E-state index contributed by atoms with van der Waals surface area (Å²) in [7, 11) is 1.67. The number of hydrogen-bond donors (Lipinski definition) is 1. The summed E-state index contributed by atoms with van der Waals surface area (Å²) in [6.45, 7) is 3.99. The third-order valence-corrected chi connectivity index (χ3v) is 4.04. The molecule has 2 aromatic carbocycles. The van der Waals surface area contributed by atoms with E-state index in [-0.39, 0.29) is 0 Å². The number of fused-ring (bicyclic) bond motifs is 1. The van der Waals surface area contributed by atoms with Gasteiger partial charge in [0, 0.05) is 5.56 Å². The zero-order valence-corrected chi connectivity index (χ0v) is 14.4. The number of unbranched alkanes of at least 4 members (excludes halogenated alkanes) is 3. The Morgan fingerprint density at radius 1 is 1.04 bits per heavy atom. The van der Waals surface area contributed by atoms with Gasteiger partial charge in [0.05, 0.1) is 7.11 Å². The van der Waals surface area contributed by atoms with Gasteiger partial charge in [-0.15, -0.1) is 0 Å². The number of ether oxygens (including phenoxy) is 1. The zero-order valence-electron chi connectivity index (χ0n) is 14.4. The van der Waals surface area contributed by atoms with Crippen molar-refractivity contribution in [2.75, 3.05) is 7.11 Å². The first kappa shape index (κ1) is 17.4. The summed E-state index contributed by atoms with van der Waals surface area (Å²) < 4.78 is 5.24. The molecule has 0 aliphatic heterocycles. The Kier molecular flexibility index (Phi) is 6.07. The van der Waals surface area contributed by atoms with Crippen LogP contribution in [0.1, 0.15) is 51.5 Å². The molecule has 0 radical (unpaired) electrons. The Hall–Kier alpha value is -1.98. The average Bonchev–Trinajstić information content (AvgIpc) is 2.56. The van der Waals surface area contributed by atoms with Gasteiger partial charge in [-0.25, -0.2) is 0 Å². The van der Waals surface area contributed by atoms with E-state index in [4.69, 9.17) is 4.74 Å². The maximum absolute atomic E-state index is 10.4. The molecule has 23 heavy (non-hydrogen) atoms. The smallest absolute Gasteiger partial charge is 0.123 e. The quantitative estimate of drug-likeness (QED) is 0.606. The minimum atomic E-state index is -0.914. The highest BCUT2D eigenvalue weighted by atomic mass is 16.5. The molecule has 2 rings (SSSR count). The molecular weight excluding hydrogens is 284 g/mol. The van der Waals surface area contributed by atoms with Gasteiger partial charge in [-0.05, 0) is 54.8 Å². The normalized spacial score (nSPS) is 13.2. The first-order valence-electron chi connectivity index (χ1n) is 8.37. The minimum Gasteiger partial charge on any atom is -0.497 e. The van der Waals surface area contributed by atoms with Crippen LogP contribution in [0.15, 0.2) is 36.4 Å². The van der Waals surface area contributed by atoms with Gasteiger partial charge in [-0.2, -0.15) is 0 Å². The predicted molar refractivity (Wildman–Crippen MR) is 96.8 cm³/mol. The van der Waals surface area contributed by atoms with E-state index < -0.39 is 5.60 Å². The highest BCUT2D eigenvalue weighted by Gasteiger charge is 2.15. The molecule has 0 saturated heterocycles. The Bertz CT molecular complexity index is 705. The second-order valence-electron chi connectivity index (χ2n) is 6.26. The lowest BCUT2D eigenvalue weighted by atomic mass is 9.98. The highest BCUT2D eigenvalue weighted by molar-refractivity contribution is 5.85. The topological polar surface area (TPSA) is 29.5 Å². The second-order valence-corrected chi connectivity index (χ2v) is 6.26. The van der Waals surface area contributed by atoms with E-state index in [0.717, 1.165) is 41.3 Å². The van der Waals surface area contributed by atoms with E-state index >= 15 is 0 Å². The molecular formula is C21H26O2. The van der Waals surface area contributed by atoms with Crippen molar-refractivity contribution in [3.05, 3.63) is 42.0 Å². The summed E-state index contributed by atoms with van der Waals surface area (Å²) in [6, 6.07) is 12.1. The van der Waals surface area contributed by atoms with Gasteiger partial charge in [0.15, 0.2) is 0 Å². The van der Waals surface area contributed by atoms with Gasteiger partial charge < -0.3 is 9.84 Å². The van der Waals surface area contributed by atoms with Crippen molar-refractivity contribution in [2.45, 2.75) is 51.6 Å². The lowest BCUT2D eigenvalue weighted by molar-refractivity contribution is 0.109. The minimum absolute atomic E-state index is 0.727. The molecule has 0 amide bonds.